The fourth-order valence-corrected chi connectivity index (χ4v) is 4.94. The second-order valence-electron chi connectivity index (χ2n) is 11.4. The summed E-state index contributed by atoms with van der Waals surface area (Å²) < 4.78 is 45.8. The molecule has 0 aromatic heterocycles. The predicted octanol–water partition coefficient (Wildman–Crippen LogP) is 6.18. The molecule has 0 spiro atoms. The van der Waals surface area contributed by atoms with Crippen LogP contribution in [0, 0.1) is 11.6 Å². The average Bonchev–Trinajstić information content (AvgIpc) is 3.37. The summed E-state index contributed by atoms with van der Waals surface area (Å²) in [5.74, 6) is -2.31. The van der Waals surface area contributed by atoms with Crippen LogP contribution in [0.2, 0.25) is 0 Å². The van der Waals surface area contributed by atoms with Crippen LogP contribution in [0.4, 0.5) is 8.78 Å². The van der Waals surface area contributed by atoms with Gasteiger partial charge in [-0.25, -0.2) is 13.8 Å². The largest absolute Gasteiger partial charge is 0.494 e. The van der Waals surface area contributed by atoms with Gasteiger partial charge < -0.3 is 24.6 Å². The zero-order valence-corrected chi connectivity index (χ0v) is 26.3. The smallest absolute Gasteiger partial charge is 0.306 e. The highest BCUT2D eigenvalue weighted by molar-refractivity contribution is 9.10. The lowest BCUT2D eigenvalue weighted by molar-refractivity contribution is -0.155. The van der Waals surface area contributed by atoms with Crippen molar-refractivity contribution in [2.45, 2.75) is 63.8 Å². The molecule has 4 rings (SSSR count). The van der Waals surface area contributed by atoms with Gasteiger partial charge >= 0.3 is 5.97 Å². The van der Waals surface area contributed by atoms with Gasteiger partial charge in [-0.1, -0.05) is 34.1 Å². The van der Waals surface area contributed by atoms with Gasteiger partial charge in [0.1, 0.15) is 11.4 Å². The zero-order valence-electron chi connectivity index (χ0n) is 24.7. The molecule has 3 aromatic carbocycles. The number of halogens is 3. The van der Waals surface area contributed by atoms with E-state index in [0.717, 1.165) is 16.6 Å². The van der Waals surface area contributed by atoms with Crippen molar-refractivity contribution in [3.05, 3.63) is 99.5 Å². The molecule has 1 amide bonds. The predicted molar refractivity (Wildman–Crippen MR) is 164 cm³/mol. The summed E-state index contributed by atoms with van der Waals surface area (Å²) in [6.07, 6.45) is -0.635. The molecule has 2 atom stereocenters. The molecule has 1 aliphatic heterocycles. The Labute approximate surface area is 263 Å². The van der Waals surface area contributed by atoms with Gasteiger partial charge in [0, 0.05) is 36.0 Å². The molecule has 44 heavy (non-hydrogen) atoms. The van der Waals surface area contributed by atoms with Gasteiger partial charge in [0.2, 0.25) is 5.90 Å². The highest BCUT2D eigenvalue weighted by atomic mass is 79.9. The first kappa shape index (κ1) is 33.1. The Hall–Kier alpha value is -3.83. The van der Waals surface area contributed by atoms with Crippen LogP contribution in [-0.4, -0.2) is 47.2 Å². The third-order valence-electron chi connectivity index (χ3n) is 6.77. The van der Waals surface area contributed by atoms with E-state index in [4.69, 9.17) is 24.3 Å². The maximum atomic E-state index is 14.2. The number of aliphatic imine (C=N–C) groups is 1. The number of aliphatic hydroxyl groups excluding tert-OH is 1. The number of aliphatic hydroxyl groups is 1. The summed E-state index contributed by atoms with van der Waals surface area (Å²) in [7, 11) is 0. The van der Waals surface area contributed by atoms with E-state index < -0.39 is 40.8 Å². The van der Waals surface area contributed by atoms with Crippen LogP contribution < -0.4 is 10.1 Å². The number of hydrogen-bond acceptors (Lipinski definition) is 7. The van der Waals surface area contributed by atoms with Crippen molar-refractivity contribution in [2.75, 3.05) is 13.2 Å². The standard InChI is InChI=1S/C33H35BrF2N2O6/c1-32(2,3)44-28(40)15-16-33(31(41)37-20-21-5-14-26(35)27(36)19-21)29(22-6-10-24(34)11-7-22)43-30(38-33)23-8-12-25(13-9-23)42-18-4-17-39/h5-14,19,29,39H,4,15-18,20H2,1-3H3,(H,37,41)/t29-,33-/m1/s1. The number of nitrogens with one attached hydrogen (secondary N) is 1. The number of carbonyl (C=O) groups is 2. The van der Waals surface area contributed by atoms with Crippen LogP contribution in [-0.2, 0) is 25.6 Å². The van der Waals surface area contributed by atoms with E-state index >= 15 is 0 Å². The highest BCUT2D eigenvalue weighted by Gasteiger charge is 2.53. The van der Waals surface area contributed by atoms with Gasteiger partial charge in [-0.15, -0.1) is 0 Å². The first-order valence-electron chi connectivity index (χ1n) is 14.2. The number of esters is 1. The molecule has 0 saturated carbocycles. The topological polar surface area (TPSA) is 106 Å². The molecule has 1 heterocycles. The Morgan fingerprint density at radius 3 is 2.39 bits per heavy atom. The van der Waals surface area contributed by atoms with Gasteiger partial charge in [0.15, 0.2) is 23.3 Å². The number of rotatable bonds is 12. The Balaban J connectivity index is 1.72. The molecule has 0 aliphatic carbocycles. The summed E-state index contributed by atoms with van der Waals surface area (Å²) in [4.78, 5) is 31.9. The molecule has 11 heteroatoms. The molecular weight excluding hydrogens is 638 g/mol. The summed E-state index contributed by atoms with van der Waals surface area (Å²) >= 11 is 3.44. The minimum atomic E-state index is -1.62. The number of ether oxygens (including phenoxy) is 3. The second-order valence-corrected chi connectivity index (χ2v) is 12.3. The number of hydrogen-bond donors (Lipinski definition) is 2. The minimum Gasteiger partial charge on any atom is -0.494 e. The Bertz CT molecular complexity index is 1490. The van der Waals surface area contributed by atoms with E-state index in [1.807, 2.05) is 12.1 Å². The van der Waals surface area contributed by atoms with Crippen molar-refractivity contribution in [1.82, 2.24) is 5.32 Å². The number of amides is 1. The molecule has 3 aromatic rings. The summed E-state index contributed by atoms with van der Waals surface area (Å²) in [5, 5.41) is 11.8. The van der Waals surface area contributed by atoms with Crippen LogP contribution in [0.3, 0.4) is 0 Å². The van der Waals surface area contributed by atoms with E-state index in [1.54, 1.807) is 57.2 Å². The summed E-state index contributed by atoms with van der Waals surface area (Å²) in [6.45, 7) is 5.53. The third-order valence-corrected chi connectivity index (χ3v) is 7.30. The molecule has 0 fully saturated rings. The van der Waals surface area contributed by atoms with Gasteiger partial charge in [-0.05, 0) is 86.8 Å². The summed E-state index contributed by atoms with van der Waals surface area (Å²) in [5.41, 5.74) is -0.780. The lowest BCUT2D eigenvalue weighted by atomic mass is 9.83. The van der Waals surface area contributed by atoms with Crippen molar-refractivity contribution < 1.29 is 37.7 Å². The van der Waals surface area contributed by atoms with Crippen LogP contribution in [0.1, 0.15) is 62.8 Å². The molecule has 0 bridgehead atoms. The van der Waals surface area contributed by atoms with Gasteiger partial charge in [0.05, 0.1) is 6.61 Å². The van der Waals surface area contributed by atoms with Crippen molar-refractivity contribution >= 4 is 33.7 Å². The fraction of sp³-hybridized carbons (Fsp3) is 0.364. The maximum absolute atomic E-state index is 14.2. The van der Waals surface area contributed by atoms with E-state index in [1.165, 1.54) is 6.07 Å². The van der Waals surface area contributed by atoms with Crippen LogP contribution >= 0.6 is 15.9 Å². The Morgan fingerprint density at radius 1 is 1.05 bits per heavy atom. The van der Waals surface area contributed by atoms with Crippen LogP contribution in [0.15, 0.2) is 76.2 Å². The van der Waals surface area contributed by atoms with Crippen molar-refractivity contribution in [3.8, 4) is 5.75 Å². The van der Waals surface area contributed by atoms with Gasteiger partial charge in [-0.3, -0.25) is 9.59 Å². The molecule has 0 saturated heterocycles. The first-order valence-corrected chi connectivity index (χ1v) is 15.0. The third kappa shape index (κ3) is 8.41. The van der Waals surface area contributed by atoms with Crippen LogP contribution in [0.25, 0.3) is 0 Å². The fourth-order valence-electron chi connectivity index (χ4n) is 4.68. The average molecular weight is 674 g/mol. The van der Waals surface area contributed by atoms with Crippen molar-refractivity contribution in [3.63, 3.8) is 0 Å². The van der Waals surface area contributed by atoms with E-state index in [9.17, 15) is 18.4 Å². The monoisotopic (exact) mass is 672 g/mol. The molecular formula is C33H35BrF2N2O6. The normalized spacial score (nSPS) is 17.9. The molecule has 0 unspecified atom stereocenters. The highest BCUT2D eigenvalue weighted by Crippen LogP contribution is 2.43. The number of carbonyl (C=O) groups excluding carboxylic acids is 2. The van der Waals surface area contributed by atoms with Gasteiger partial charge in [-0.2, -0.15) is 0 Å². The Morgan fingerprint density at radius 2 is 1.75 bits per heavy atom. The van der Waals surface area contributed by atoms with Crippen LogP contribution in [0.5, 0.6) is 5.75 Å². The lowest BCUT2D eigenvalue weighted by Crippen LogP contribution is -2.48. The minimum absolute atomic E-state index is 0.0176. The van der Waals surface area contributed by atoms with E-state index in [0.29, 0.717) is 35.5 Å². The van der Waals surface area contributed by atoms with Gasteiger partial charge in [0.25, 0.3) is 5.91 Å². The first-order chi connectivity index (χ1) is 20.9. The SMILES string of the molecule is CC(C)(C)OC(=O)CC[C@@]1(C(=O)NCc2ccc(F)c(F)c2)N=C(c2ccc(OCCCO)cc2)O[C@@H]1c1ccc(Br)cc1. The molecule has 234 valence electrons. The maximum Gasteiger partial charge on any atom is 0.306 e. The number of nitrogens with zero attached hydrogens (tertiary/aromatic N) is 1. The second kappa shape index (κ2) is 14.3. The lowest BCUT2D eigenvalue weighted by Gasteiger charge is -2.31. The molecule has 0 radical (unpaired) electrons. The quantitative estimate of drug-likeness (QED) is 0.176. The Kier molecular flexibility index (Phi) is 10.7. The van der Waals surface area contributed by atoms with Crippen molar-refractivity contribution in [2.24, 2.45) is 4.99 Å². The van der Waals surface area contributed by atoms with E-state index in [2.05, 4.69) is 21.2 Å². The molecule has 2 N–H and O–H groups in total. The zero-order chi connectivity index (χ0) is 31.9. The molecule has 1 aliphatic rings. The molecule has 8 nitrogen and oxygen atoms in total. The summed E-state index contributed by atoms with van der Waals surface area (Å²) in [6, 6.07) is 17.6. The van der Waals surface area contributed by atoms with E-state index in [-0.39, 0.29) is 31.9 Å². The van der Waals surface area contributed by atoms with Crippen molar-refractivity contribution in [1.29, 1.82) is 0 Å². The number of benzene rings is 3.